The summed E-state index contributed by atoms with van der Waals surface area (Å²) >= 11 is 11.6. The molecule has 0 radical (unpaired) electrons. The Labute approximate surface area is 177 Å². The number of benzene rings is 2. The minimum Gasteiger partial charge on any atom is -0.362 e. The van der Waals surface area contributed by atoms with Crippen LogP contribution in [-0.2, 0) is 6.18 Å². The van der Waals surface area contributed by atoms with Gasteiger partial charge in [0, 0.05) is 32.2 Å². The number of nitro benzene ring substituents is 1. The lowest BCUT2D eigenvalue weighted by Crippen LogP contribution is -2.49. The highest BCUT2D eigenvalue weighted by atomic mass is 35.5. The van der Waals surface area contributed by atoms with Crippen molar-refractivity contribution in [3.63, 3.8) is 0 Å². The van der Waals surface area contributed by atoms with Crippen LogP contribution < -0.4 is 4.90 Å². The van der Waals surface area contributed by atoms with Crippen molar-refractivity contribution < 1.29 is 27.3 Å². The van der Waals surface area contributed by atoms with Crippen LogP contribution in [-0.4, -0.2) is 41.9 Å². The SMILES string of the molecule is O=C(c1cc(F)c(Cl)cc1Cl)N1CCN(c2ccc(C(F)(F)F)cc2[N+](=O)[O-])CC1. The monoisotopic (exact) mass is 465 g/mol. The Morgan fingerprint density at radius 3 is 2.23 bits per heavy atom. The van der Waals surface area contributed by atoms with Gasteiger partial charge in [-0.1, -0.05) is 23.2 Å². The molecule has 6 nitrogen and oxygen atoms in total. The molecule has 0 atom stereocenters. The van der Waals surface area contributed by atoms with Gasteiger partial charge in [0.2, 0.25) is 0 Å². The molecule has 2 aromatic rings. The van der Waals surface area contributed by atoms with E-state index in [0.29, 0.717) is 6.07 Å². The highest BCUT2D eigenvalue weighted by molar-refractivity contribution is 6.36. The van der Waals surface area contributed by atoms with Crippen molar-refractivity contribution in [2.75, 3.05) is 31.1 Å². The van der Waals surface area contributed by atoms with Crippen LogP contribution in [0, 0.1) is 15.9 Å². The lowest BCUT2D eigenvalue weighted by Gasteiger charge is -2.36. The largest absolute Gasteiger partial charge is 0.416 e. The number of anilines is 1. The van der Waals surface area contributed by atoms with E-state index in [1.807, 2.05) is 0 Å². The number of halogens is 6. The van der Waals surface area contributed by atoms with Crippen molar-refractivity contribution in [3.05, 3.63) is 67.4 Å². The van der Waals surface area contributed by atoms with Crippen LogP contribution in [0.5, 0.6) is 0 Å². The second kappa shape index (κ2) is 8.27. The van der Waals surface area contributed by atoms with E-state index in [9.17, 15) is 32.5 Å². The first-order chi connectivity index (χ1) is 14.0. The van der Waals surface area contributed by atoms with Crippen LogP contribution in [0.25, 0.3) is 0 Å². The number of alkyl halides is 3. The van der Waals surface area contributed by atoms with Gasteiger partial charge < -0.3 is 9.80 Å². The van der Waals surface area contributed by atoms with E-state index >= 15 is 0 Å². The van der Waals surface area contributed by atoms with E-state index in [0.717, 1.165) is 24.3 Å². The maximum atomic E-state index is 13.7. The van der Waals surface area contributed by atoms with Gasteiger partial charge in [-0.05, 0) is 24.3 Å². The molecule has 0 aromatic heterocycles. The first kappa shape index (κ1) is 22.1. The van der Waals surface area contributed by atoms with E-state index in [2.05, 4.69) is 0 Å². The molecule has 3 rings (SSSR count). The average Bonchev–Trinajstić information content (AvgIpc) is 2.69. The minimum atomic E-state index is -4.71. The summed E-state index contributed by atoms with van der Waals surface area (Å²) in [7, 11) is 0. The topological polar surface area (TPSA) is 66.7 Å². The summed E-state index contributed by atoms with van der Waals surface area (Å²) in [4.78, 5) is 25.9. The van der Waals surface area contributed by atoms with E-state index in [1.54, 1.807) is 0 Å². The van der Waals surface area contributed by atoms with Crippen LogP contribution in [0.3, 0.4) is 0 Å². The molecule has 1 amide bonds. The first-order valence-electron chi connectivity index (χ1n) is 8.53. The average molecular weight is 466 g/mol. The number of rotatable bonds is 3. The van der Waals surface area contributed by atoms with Crippen LogP contribution in [0.2, 0.25) is 10.0 Å². The maximum Gasteiger partial charge on any atom is 0.416 e. The fraction of sp³-hybridized carbons (Fsp3) is 0.278. The Morgan fingerprint density at radius 2 is 1.67 bits per heavy atom. The fourth-order valence-electron chi connectivity index (χ4n) is 3.12. The molecule has 1 heterocycles. The normalized spacial score (nSPS) is 14.7. The summed E-state index contributed by atoms with van der Waals surface area (Å²) in [5.41, 5.74) is -1.85. The van der Waals surface area contributed by atoms with Crippen LogP contribution in [0.15, 0.2) is 30.3 Å². The predicted octanol–water partition coefficient (Wildman–Crippen LogP) is 5.02. The third kappa shape index (κ3) is 4.44. The highest BCUT2D eigenvalue weighted by Gasteiger charge is 2.34. The number of hydrogen-bond acceptors (Lipinski definition) is 4. The molecule has 1 aliphatic rings. The van der Waals surface area contributed by atoms with Gasteiger partial charge in [0.05, 0.1) is 26.1 Å². The predicted molar refractivity (Wildman–Crippen MR) is 103 cm³/mol. The zero-order chi connectivity index (χ0) is 22.2. The van der Waals surface area contributed by atoms with Crippen LogP contribution in [0.4, 0.5) is 28.9 Å². The Bertz CT molecular complexity index is 1010. The number of carbonyl (C=O) groups excluding carboxylic acids is 1. The molecule has 0 unspecified atom stereocenters. The molecule has 0 bridgehead atoms. The molecule has 30 heavy (non-hydrogen) atoms. The van der Waals surface area contributed by atoms with E-state index in [-0.39, 0.29) is 47.5 Å². The molecule has 1 aliphatic heterocycles. The Balaban J connectivity index is 1.78. The second-order valence-corrected chi connectivity index (χ2v) is 7.30. The van der Waals surface area contributed by atoms with E-state index in [1.165, 1.54) is 9.80 Å². The Kier molecular flexibility index (Phi) is 6.09. The summed E-state index contributed by atoms with van der Waals surface area (Å²) in [5, 5.41) is 11.0. The molecule has 2 aromatic carbocycles. The third-order valence-electron chi connectivity index (χ3n) is 4.65. The van der Waals surface area contributed by atoms with Gasteiger partial charge in [-0.3, -0.25) is 14.9 Å². The maximum absolute atomic E-state index is 13.7. The fourth-order valence-corrected chi connectivity index (χ4v) is 3.58. The zero-order valence-corrected chi connectivity index (χ0v) is 16.6. The molecule has 0 spiro atoms. The summed E-state index contributed by atoms with van der Waals surface area (Å²) in [6.45, 7) is 0.479. The first-order valence-corrected chi connectivity index (χ1v) is 9.29. The lowest BCUT2D eigenvalue weighted by molar-refractivity contribution is -0.384. The van der Waals surface area contributed by atoms with Gasteiger partial charge in [0.1, 0.15) is 11.5 Å². The molecule has 12 heteroatoms. The Hall–Kier alpha value is -2.59. The summed E-state index contributed by atoms with van der Waals surface area (Å²) in [5.74, 6) is -1.35. The summed E-state index contributed by atoms with van der Waals surface area (Å²) in [6, 6.07) is 4.36. The second-order valence-electron chi connectivity index (χ2n) is 6.48. The quantitative estimate of drug-likeness (QED) is 0.276. The molecule has 0 aliphatic carbocycles. The van der Waals surface area contributed by atoms with Crippen LogP contribution >= 0.6 is 23.2 Å². The summed E-state index contributed by atoms with van der Waals surface area (Å²) < 4.78 is 52.3. The van der Waals surface area contributed by atoms with Crippen molar-refractivity contribution in [1.29, 1.82) is 0 Å². The summed E-state index contributed by atoms with van der Waals surface area (Å²) in [6.07, 6.45) is -4.71. The molecular weight excluding hydrogens is 453 g/mol. The van der Waals surface area contributed by atoms with Crippen molar-refractivity contribution >= 4 is 40.5 Å². The smallest absolute Gasteiger partial charge is 0.362 e. The third-order valence-corrected chi connectivity index (χ3v) is 5.25. The number of nitrogens with zero attached hydrogens (tertiary/aromatic N) is 3. The molecule has 160 valence electrons. The number of nitro groups is 1. The van der Waals surface area contributed by atoms with E-state index < -0.39 is 34.1 Å². The standard InChI is InChI=1S/C18H13Cl2F4N3O3/c19-12-9-13(20)14(21)8-11(12)17(28)26-5-3-25(4-6-26)15-2-1-10(18(22,23)24)7-16(15)27(29)30/h1-2,7-9H,3-6H2. The number of carbonyl (C=O) groups is 1. The van der Waals surface area contributed by atoms with Gasteiger partial charge in [-0.25, -0.2) is 4.39 Å². The van der Waals surface area contributed by atoms with Gasteiger partial charge in [0.15, 0.2) is 0 Å². The molecular formula is C18H13Cl2F4N3O3. The number of piperazine rings is 1. The number of amides is 1. The lowest BCUT2D eigenvalue weighted by atomic mass is 10.1. The molecule has 1 saturated heterocycles. The van der Waals surface area contributed by atoms with Crippen LogP contribution in [0.1, 0.15) is 15.9 Å². The zero-order valence-electron chi connectivity index (χ0n) is 15.0. The van der Waals surface area contributed by atoms with Crippen molar-refractivity contribution in [3.8, 4) is 0 Å². The minimum absolute atomic E-state index is 0.0211. The van der Waals surface area contributed by atoms with Gasteiger partial charge in [0.25, 0.3) is 11.6 Å². The molecule has 1 fully saturated rings. The van der Waals surface area contributed by atoms with Gasteiger partial charge in [-0.2, -0.15) is 13.2 Å². The van der Waals surface area contributed by atoms with E-state index in [4.69, 9.17) is 23.2 Å². The number of hydrogen-bond donors (Lipinski definition) is 0. The highest BCUT2D eigenvalue weighted by Crippen LogP contribution is 2.37. The van der Waals surface area contributed by atoms with Crippen molar-refractivity contribution in [2.45, 2.75) is 6.18 Å². The van der Waals surface area contributed by atoms with Crippen molar-refractivity contribution in [2.24, 2.45) is 0 Å². The van der Waals surface area contributed by atoms with Gasteiger partial charge >= 0.3 is 6.18 Å². The molecule has 0 saturated carbocycles. The van der Waals surface area contributed by atoms with Gasteiger partial charge in [-0.15, -0.1) is 0 Å². The van der Waals surface area contributed by atoms with Crippen molar-refractivity contribution in [1.82, 2.24) is 4.90 Å². The Morgan fingerprint density at radius 1 is 1.03 bits per heavy atom. The molecule has 0 N–H and O–H groups in total.